The highest BCUT2D eigenvalue weighted by Gasteiger charge is 2.16. The van der Waals surface area contributed by atoms with Crippen molar-refractivity contribution in [3.05, 3.63) is 99.8 Å². The highest BCUT2D eigenvalue weighted by Crippen LogP contribution is 2.36. The van der Waals surface area contributed by atoms with E-state index in [1.165, 1.54) is 29.7 Å². The van der Waals surface area contributed by atoms with Gasteiger partial charge in [-0.1, -0.05) is 70.9 Å². The molecule has 0 atom stereocenters. The molecule has 4 aromatic rings. The van der Waals surface area contributed by atoms with Gasteiger partial charge in [0.05, 0.1) is 11.2 Å². The largest absolute Gasteiger partial charge is 0.312 e. The van der Waals surface area contributed by atoms with Crippen LogP contribution < -0.4 is 10.7 Å². The summed E-state index contributed by atoms with van der Waals surface area (Å²) < 4.78 is 13.9. The summed E-state index contributed by atoms with van der Waals surface area (Å²) in [5.41, 5.74) is 4.81. The van der Waals surface area contributed by atoms with Crippen molar-refractivity contribution in [1.29, 1.82) is 0 Å². The Labute approximate surface area is 197 Å². The minimum Gasteiger partial charge on any atom is -0.312 e. The zero-order valence-corrected chi connectivity index (χ0v) is 18.7. The number of rotatable bonds is 6. The van der Waals surface area contributed by atoms with Crippen LogP contribution in [0.1, 0.15) is 15.9 Å². The first-order valence-corrected chi connectivity index (χ1v) is 10.9. The highest BCUT2D eigenvalue weighted by atomic mass is 35.5. The molecule has 0 bridgehead atoms. The first-order chi connectivity index (χ1) is 15.5. The Bertz CT molecular complexity index is 1260. The Morgan fingerprint density at radius 2 is 1.75 bits per heavy atom. The lowest BCUT2D eigenvalue weighted by molar-refractivity contribution is 0.102. The van der Waals surface area contributed by atoms with Gasteiger partial charge < -0.3 is 5.32 Å². The lowest BCUT2D eigenvalue weighted by Crippen LogP contribution is -2.11. The molecule has 0 spiro atoms. The van der Waals surface area contributed by atoms with Gasteiger partial charge in [-0.2, -0.15) is 5.10 Å². The second kappa shape index (κ2) is 9.91. The molecule has 0 saturated heterocycles. The summed E-state index contributed by atoms with van der Waals surface area (Å²) >= 11 is 13.1. The third kappa shape index (κ3) is 5.13. The van der Waals surface area contributed by atoms with Crippen LogP contribution in [0.5, 0.6) is 0 Å². The number of carbonyl (C=O) groups is 1. The predicted octanol–water partition coefficient (Wildman–Crippen LogP) is 6.95. The van der Waals surface area contributed by atoms with E-state index in [-0.39, 0.29) is 16.5 Å². The topological polar surface area (TPSA) is 66.4 Å². The van der Waals surface area contributed by atoms with E-state index in [0.717, 1.165) is 5.56 Å². The van der Waals surface area contributed by atoms with E-state index in [1.54, 1.807) is 30.3 Å². The van der Waals surface area contributed by atoms with Gasteiger partial charge in [-0.3, -0.25) is 10.2 Å². The maximum atomic E-state index is 13.9. The number of aromatic nitrogens is 1. The van der Waals surface area contributed by atoms with Crippen molar-refractivity contribution in [2.24, 2.45) is 5.10 Å². The van der Waals surface area contributed by atoms with Crippen LogP contribution in [0.4, 0.5) is 14.5 Å². The minimum absolute atomic E-state index is 0.165. The Kier molecular flexibility index (Phi) is 6.80. The highest BCUT2D eigenvalue weighted by molar-refractivity contribution is 7.20. The number of nitrogens with one attached hydrogen (secondary N) is 2. The van der Waals surface area contributed by atoms with Gasteiger partial charge in [-0.15, -0.1) is 0 Å². The molecule has 0 fully saturated rings. The molecule has 0 saturated carbocycles. The van der Waals surface area contributed by atoms with Crippen LogP contribution in [-0.4, -0.2) is 17.1 Å². The van der Waals surface area contributed by atoms with E-state index in [1.807, 2.05) is 30.3 Å². The molecule has 1 aromatic heterocycles. The average Bonchev–Trinajstić information content (AvgIpc) is 3.19. The molecule has 9 heteroatoms. The molecule has 1 amide bonds. The van der Waals surface area contributed by atoms with Gasteiger partial charge in [0.15, 0.2) is 0 Å². The van der Waals surface area contributed by atoms with Crippen molar-refractivity contribution >= 4 is 56.8 Å². The summed E-state index contributed by atoms with van der Waals surface area (Å²) in [7, 11) is 0. The molecule has 2 N–H and O–H groups in total. The monoisotopic (exact) mass is 484 g/mol. The van der Waals surface area contributed by atoms with E-state index in [4.69, 9.17) is 23.2 Å². The van der Waals surface area contributed by atoms with Crippen LogP contribution in [0, 0.1) is 5.82 Å². The standard InChI is InChI=1S/C23H15Cl2FN4OS/c24-16-11-9-15(10-12-16)21(31)29-22-20(14-5-2-1-3-6-14)28-23(32-22)30-27-13-17-18(25)7-4-8-19(17)26/h1-13H,(H,28,30)(H,29,31)/b27-13-. The Balaban J connectivity index is 1.60. The Hall–Kier alpha value is -3.26. The van der Waals surface area contributed by atoms with Crippen LogP contribution in [0.15, 0.2) is 77.9 Å². The molecule has 32 heavy (non-hydrogen) atoms. The van der Waals surface area contributed by atoms with Crippen LogP contribution in [0.25, 0.3) is 11.3 Å². The molecule has 0 aliphatic carbocycles. The smallest absolute Gasteiger partial charge is 0.256 e. The van der Waals surface area contributed by atoms with Crippen molar-refractivity contribution in [3.63, 3.8) is 0 Å². The fourth-order valence-electron chi connectivity index (χ4n) is 2.81. The maximum absolute atomic E-state index is 13.9. The Morgan fingerprint density at radius 3 is 2.47 bits per heavy atom. The van der Waals surface area contributed by atoms with Crippen LogP contribution in [-0.2, 0) is 0 Å². The molecule has 160 valence electrons. The molecular weight excluding hydrogens is 470 g/mol. The van der Waals surface area contributed by atoms with E-state index >= 15 is 0 Å². The van der Waals surface area contributed by atoms with Gasteiger partial charge in [0, 0.05) is 21.7 Å². The van der Waals surface area contributed by atoms with Crippen LogP contribution in [0.2, 0.25) is 10.0 Å². The van der Waals surface area contributed by atoms with E-state index in [9.17, 15) is 9.18 Å². The van der Waals surface area contributed by atoms with Crippen molar-refractivity contribution in [3.8, 4) is 11.3 Å². The number of amides is 1. The van der Waals surface area contributed by atoms with Crippen molar-refractivity contribution in [2.45, 2.75) is 0 Å². The number of anilines is 2. The second-order valence-electron chi connectivity index (χ2n) is 6.53. The number of halogens is 3. The third-order valence-electron chi connectivity index (χ3n) is 4.36. The van der Waals surface area contributed by atoms with Crippen LogP contribution >= 0.6 is 34.5 Å². The molecule has 0 unspecified atom stereocenters. The maximum Gasteiger partial charge on any atom is 0.256 e. The van der Waals surface area contributed by atoms with Gasteiger partial charge in [0.2, 0.25) is 5.13 Å². The number of hydrogen-bond donors (Lipinski definition) is 2. The lowest BCUT2D eigenvalue weighted by atomic mass is 10.1. The van der Waals surface area contributed by atoms with E-state index in [2.05, 4.69) is 20.8 Å². The number of hydrazone groups is 1. The summed E-state index contributed by atoms with van der Waals surface area (Å²) in [5.74, 6) is -0.779. The Morgan fingerprint density at radius 1 is 1.00 bits per heavy atom. The van der Waals surface area contributed by atoms with E-state index in [0.29, 0.717) is 26.4 Å². The first-order valence-electron chi connectivity index (χ1n) is 9.37. The number of nitrogens with zero attached hydrogens (tertiary/aromatic N) is 2. The molecular formula is C23H15Cl2FN4OS. The number of thiazole rings is 1. The van der Waals surface area contributed by atoms with Gasteiger partial charge >= 0.3 is 0 Å². The summed E-state index contributed by atoms with van der Waals surface area (Å²) in [6.07, 6.45) is 1.28. The van der Waals surface area contributed by atoms with Gasteiger partial charge in [0.1, 0.15) is 16.5 Å². The molecule has 0 aliphatic heterocycles. The summed E-state index contributed by atoms with van der Waals surface area (Å²) in [5, 5.41) is 8.69. The van der Waals surface area contributed by atoms with Crippen molar-refractivity contribution in [1.82, 2.24) is 4.98 Å². The zero-order chi connectivity index (χ0) is 22.5. The van der Waals surface area contributed by atoms with Gasteiger partial charge in [-0.05, 0) is 36.4 Å². The van der Waals surface area contributed by atoms with E-state index < -0.39 is 5.82 Å². The lowest BCUT2D eigenvalue weighted by Gasteiger charge is -2.05. The molecule has 5 nitrogen and oxygen atoms in total. The summed E-state index contributed by atoms with van der Waals surface area (Å²) in [4.78, 5) is 17.3. The predicted molar refractivity (Wildman–Crippen MR) is 130 cm³/mol. The normalized spacial score (nSPS) is 11.0. The zero-order valence-electron chi connectivity index (χ0n) is 16.4. The fourth-order valence-corrected chi connectivity index (χ4v) is 3.98. The number of hydrogen-bond acceptors (Lipinski definition) is 5. The minimum atomic E-state index is -0.483. The third-order valence-corrected chi connectivity index (χ3v) is 5.82. The molecule has 0 aliphatic rings. The first kappa shape index (κ1) is 22.0. The van der Waals surface area contributed by atoms with Crippen LogP contribution in [0.3, 0.4) is 0 Å². The molecule has 4 rings (SSSR count). The molecule has 3 aromatic carbocycles. The van der Waals surface area contributed by atoms with Gasteiger partial charge in [0.25, 0.3) is 5.91 Å². The average molecular weight is 485 g/mol. The second-order valence-corrected chi connectivity index (χ2v) is 8.37. The number of carbonyl (C=O) groups excluding carboxylic acids is 1. The van der Waals surface area contributed by atoms with Crippen molar-refractivity contribution in [2.75, 3.05) is 10.7 Å². The molecule has 1 heterocycles. The van der Waals surface area contributed by atoms with Gasteiger partial charge in [-0.25, -0.2) is 9.37 Å². The molecule has 0 radical (unpaired) electrons. The van der Waals surface area contributed by atoms with Crippen molar-refractivity contribution < 1.29 is 9.18 Å². The quantitative estimate of drug-likeness (QED) is 0.229. The fraction of sp³-hybridized carbons (Fsp3) is 0. The summed E-state index contributed by atoms with van der Waals surface area (Å²) in [6, 6.07) is 20.4. The SMILES string of the molecule is O=C(Nc1sc(N/N=C\c2c(F)cccc2Cl)nc1-c1ccccc1)c1ccc(Cl)cc1. The number of benzene rings is 3. The summed E-state index contributed by atoms with van der Waals surface area (Å²) in [6.45, 7) is 0.